The van der Waals surface area contributed by atoms with E-state index in [-0.39, 0.29) is 11.6 Å². The van der Waals surface area contributed by atoms with Gasteiger partial charge in [-0.15, -0.1) is 11.6 Å². The Kier molecular flexibility index (Phi) is 4.55. The fraction of sp³-hybridized carbons (Fsp3) is 0.133. The van der Waals surface area contributed by atoms with Gasteiger partial charge in [-0.1, -0.05) is 12.1 Å². The molecule has 0 radical (unpaired) electrons. The van der Waals surface area contributed by atoms with Crippen LogP contribution in [0.5, 0.6) is 0 Å². The number of carbonyl (C=O) groups is 1. The highest BCUT2D eigenvalue weighted by molar-refractivity contribution is 6.17. The highest BCUT2D eigenvalue weighted by atomic mass is 35.5. The van der Waals surface area contributed by atoms with E-state index in [0.29, 0.717) is 22.7 Å². The number of nitro groups is 1. The molecule has 2 aromatic rings. The van der Waals surface area contributed by atoms with Crippen molar-refractivity contribution in [2.24, 2.45) is 0 Å². The maximum absolute atomic E-state index is 12.1. The Morgan fingerprint density at radius 3 is 2.43 bits per heavy atom. The lowest BCUT2D eigenvalue weighted by atomic mass is 10.1. The third-order valence-corrected chi connectivity index (χ3v) is 3.35. The Morgan fingerprint density at radius 1 is 1.24 bits per heavy atom. The molecule has 0 unspecified atom stereocenters. The van der Waals surface area contributed by atoms with Crippen molar-refractivity contribution in [3.05, 3.63) is 69.3 Å². The van der Waals surface area contributed by atoms with Gasteiger partial charge in [0.15, 0.2) is 0 Å². The molecule has 0 spiro atoms. The second-order valence-corrected chi connectivity index (χ2v) is 4.81. The second-order valence-electron chi connectivity index (χ2n) is 4.54. The van der Waals surface area contributed by atoms with Gasteiger partial charge in [0.1, 0.15) is 0 Å². The fourth-order valence-electron chi connectivity index (χ4n) is 1.84. The summed E-state index contributed by atoms with van der Waals surface area (Å²) in [5.74, 6) is 0.122. The van der Waals surface area contributed by atoms with Crippen molar-refractivity contribution >= 4 is 28.9 Å². The molecule has 0 saturated carbocycles. The molecule has 21 heavy (non-hydrogen) atoms. The molecule has 1 amide bonds. The summed E-state index contributed by atoms with van der Waals surface area (Å²) in [6.07, 6.45) is 0. The summed E-state index contributed by atoms with van der Waals surface area (Å²) in [7, 11) is 0. The molecular formula is C15H13ClN2O3. The number of hydrogen-bond donors (Lipinski definition) is 1. The van der Waals surface area contributed by atoms with Gasteiger partial charge in [0.2, 0.25) is 0 Å². The van der Waals surface area contributed by atoms with Crippen LogP contribution in [-0.2, 0) is 5.88 Å². The maximum Gasteiger partial charge on any atom is 0.269 e. The average Bonchev–Trinajstić information content (AvgIpc) is 2.49. The van der Waals surface area contributed by atoms with Crippen LogP contribution in [0.2, 0.25) is 0 Å². The van der Waals surface area contributed by atoms with E-state index in [9.17, 15) is 14.9 Å². The molecule has 0 bridgehead atoms. The smallest absolute Gasteiger partial charge is 0.269 e. The first-order chi connectivity index (χ1) is 10.0. The summed E-state index contributed by atoms with van der Waals surface area (Å²) in [4.78, 5) is 22.3. The molecule has 0 aliphatic carbocycles. The van der Waals surface area contributed by atoms with Crippen LogP contribution in [-0.4, -0.2) is 10.8 Å². The quantitative estimate of drug-likeness (QED) is 0.529. The first-order valence-corrected chi connectivity index (χ1v) is 6.76. The van der Waals surface area contributed by atoms with Crippen molar-refractivity contribution in [2.75, 3.05) is 5.32 Å². The van der Waals surface area contributed by atoms with Crippen LogP contribution in [0.1, 0.15) is 21.5 Å². The highest BCUT2D eigenvalue weighted by Gasteiger charge is 2.11. The van der Waals surface area contributed by atoms with Gasteiger partial charge in [0.05, 0.1) is 4.92 Å². The van der Waals surface area contributed by atoms with Crippen LogP contribution < -0.4 is 5.32 Å². The topological polar surface area (TPSA) is 72.2 Å². The number of benzene rings is 2. The number of rotatable bonds is 4. The number of aryl methyl sites for hydroxylation is 1. The van der Waals surface area contributed by atoms with Gasteiger partial charge in [-0.25, -0.2) is 0 Å². The number of hydrogen-bond acceptors (Lipinski definition) is 3. The van der Waals surface area contributed by atoms with E-state index in [1.807, 2.05) is 0 Å². The molecule has 1 N–H and O–H groups in total. The number of halogens is 1. The molecule has 0 aliphatic heterocycles. The van der Waals surface area contributed by atoms with E-state index >= 15 is 0 Å². The van der Waals surface area contributed by atoms with Crippen LogP contribution in [0.3, 0.4) is 0 Å². The Hall–Kier alpha value is -2.40. The second kappa shape index (κ2) is 6.37. The number of nitrogens with zero attached hydrogens (tertiary/aromatic N) is 1. The Morgan fingerprint density at radius 2 is 1.90 bits per heavy atom. The number of anilines is 1. The maximum atomic E-state index is 12.1. The molecule has 2 rings (SSSR count). The summed E-state index contributed by atoms with van der Waals surface area (Å²) in [5, 5.41) is 13.4. The number of nitrogens with one attached hydrogen (secondary N) is 1. The zero-order valence-corrected chi connectivity index (χ0v) is 12.1. The predicted octanol–water partition coefficient (Wildman–Crippen LogP) is 3.89. The Bertz CT molecular complexity index is 684. The van der Waals surface area contributed by atoms with E-state index < -0.39 is 4.92 Å². The summed E-state index contributed by atoms with van der Waals surface area (Å²) >= 11 is 5.69. The SMILES string of the molecule is Cc1cc([N+](=O)[O-])ccc1NC(=O)c1ccc(CCl)cc1. The average molecular weight is 305 g/mol. The van der Waals surface area contributed by atoms with Crippen molar-refractivity contribution in [3.8, 4) is 0 Å². The van der Waals surface area contributed by atoms with Gasteiger partial charge < -0.3 is 5.32 Å². The highest BCUT2D eigenvalue weighted by Crippen LogP contribution is 2.21. The molecule has 0 heterocycles. The van der Waals surface area contributed by atoms with Gasteiger partial charge in [-0.2, -0.15) is 0 Å². The third-order valence-electron chi connectivity index (χ3n) is 3.04. The molecule has 0 aromatic heterocycles. The van der Waals surface area contributed by atoms with E-state index in [1.165, 1.54) is 18.2 Å². The van der Waals surface area contributed by atoms with Gasteiger partial charge in [0.25, 0.3) is 11.6 Å². The zero-order chi connectivity index (χ0) is 15.4. The molecule has 5 nitrogen and oxygen atoms in total. The fourth-order valence-corrected chi connectivity index (χ4v) is 2.02. The third kappa shape index (κ3) is 3.58. The molecule has 0 saturated heterocycles. The Balaban J connectivity index is 2.17. The largest absolute Gasteiger partial charge is 0.322 e. The van der Waals surface area contributed by atoms with Crippen LogP contribution >= 0.6 is 11.6 Å². The summed E-state index contributed by atoms with van der Waals surface area (Å²) in [6.45, 7) is 1.71. The minimum absolute atomic E-state index is 0.00281. The van der Waals surface area contributed by atoms with Crippen molar-refractivity contribution in [1.82, 2.24) is 0 Å². The first-order valence-electron chi connectivity index (χ1n) is 6.22. The number of nitro benzene ring substituents is 1. The van der Waals surface area contributed by atoms with Gasteiger partial charge >= 0.3 is 0 Å². The number of non-ortho nitro benzene ring substituents is 1. The molecule has 6 heteroatoms. The molecule has 108 valence electrons. The first kappa shape index (κ1) is 15.0. The Labute approximate surface area is 126 Å². The monoisotopic (exact) mass is 304 g/mol. The molecule has 0 fully saturated rings. The summed E-state index contributed by atoms with van der Waals surface area (Å²) in [5.41, 5.74) is 2.61. The van der Waals surface area contributed by atoms with E-state index in [0.717, 1.165) is 5.56 Å². The normalized spacial score (nSPS) is 10.2. The molecular weight excluding hydrogens is 292 g/mol. The number of alkyl halides is 1. The van der Waals surface area contributed by atoms with E-state index in [1.54, 1.807) is 31.2 Å². The van der Waals surface area contributed by atoms with Crippen LogP contribution in [0.15, 0.2) is 42.5 Å². The lowest BCUT2D eigenvalue weighted by Gasteiger charge is -2.08. The van der Waals surface area contributed by atoms with Crippen molar-refractivity contribution in [1.29, 1.82) is 0 Å². The van der Waals surface area contributed by atoms with Crippen LogP contribution in [0.4, 0.5) is 11.4 Å². The molecule has 0 atom stereocenters. The van der Waals surface area contributed by atoms with Crippen LogP contribution in [0.25, 0.3) is 0 Å². The van der Waals surface area contributed by atoms with E-state index in [4.69, 9.17) is 11.6 Å². The van der Waals surface area contributed by atoms with Gasteiger partial charge in [-0.3, -0.25) is 14.9 Å². The lowest BCUT2D eigenvalue weighted by Crippen LogP contribution is -2.12. The van der Waals surface area contributed by atoms with Crippen LogP contribution in [0, 0.1) is 17.0 Å². The van der Waals surface area contributed by atoms with Crippen molar-refractivity contribution < 1.29 is 9.72 Å². The summed E-state index contributed by atoms with van der Waals surface area (Å²) in [6, 6.07) is 11.3. The zero-order valence-electron chi connectivity index (χ0n) is 11.3. The number of carbonyl (C=O) groups excluding carboxylic acids is 1. The molecule has 0 aliphatic rings. The number of amides is 1. The van der Waals surface area contributed by atoms with Gasteiger partial charge in [-0.05, 0) is 36.2 Å². The minimum Gasteiger partial charge on any atom is -0.322 e. The van der Waals surface area contributed by atoms with Crippen molar-refractivity contribution in [2.45, 2.75) is 12.8 Å². The minimum atomic E-state index is -0.469. The van der Waals surface area contributed by atoms with Gasteiger partial charge in [0, 0.05) is 29.3 Å². The van der Waals surface area contributed by atoms with Crippen molar-refractivity contribution in [3.63, 3.8) is 0 Å². The summed E-state index contributed by atoms with van der Waals surface area (Å²) < 4.78 is 0. The standard InChI is InChI=1S/C15H13ClN2O3/c1-10-8-13(18(20)21)6-7-14(10)17-15(19)12-4-2-11(9-16)3-5-12/h2-8H,9H2,1H3,(H,17,19). The lowest BCUT2D eigenvalue weighted by molar-refractivity contribution is -0.384. The molecule has 2 aromatic carbocycles. The van der Waals surface area contributed by atoms with E-state index in [2.05, 4.69) is 5.32 Å². The predicted molar refractivity (Wildman–Crippen MR) is 81.8 cm³/mol.